The Hall–Kier alpha value is -2.23. The zero-order chi connectivity index (χ0) is 13.1. The van der Waals surface area contributed by atoms with Crippen LogP contribution < -0.4 is 4.90 Å². The van der Waals surface area contributed by atoms with E-state index in [1.807, 2.05) is 6.07 Å². The van der Waals surface area contributed by atoms with Gasteiger partial charge in [-0.2, -0.15) is 0 Å². The number of carbonyl (C=O) groups excluding carboxylic acids is 1. The highest BCUT2D eigenvalue weighted by Crippen LogP contribution is 2.16. The Morgan fingerprint density at radius 2 is 1.56 bits per heavy atom. The summed E-state index contributed by atoms with van der Waals surface area (Å²) < 4.78 is 26.1. The van der Waals surface area contributed by atoms with E-state index < -0.39 is 17.5 Å². The SMILES string of the molecule is CN(C(=O)c1cc(F)cc(F)c1)c1ccccc1. The molecule has 1 amide bonds. The third kappa shape index (κ3) is 2.53. The summed E-state index contributed by atoms with van der Waals surface area (Å²) in [6.07, 6.45) is 0. The van der Waals surface area contributed by atoms with Crippen LogP contribution >= 0.6 is 0 Å². The Kier molecular flexibility index (Phi) is 3.37. The molecular formula is C14H11F2NO. The van der Waals surface area contributed by atoms with Gasteiger partial charge < -0.3 is 4.90 Å². The van der Waals surface area contributed by atoms with E-state index in [9.17, 15) is 13.6 Å². The van der Waals surface area contributed by atoms with Gasteiger partial charge in [0.15, 0.2) is 0 Å². The van der Waals surface area contributed by atoms with Crippen LogP contribution in [0.25, 0.3) is 0 Å². The maximum absolute atomic E-state index is 13.0. The lowest BCUT2D eigenvalue weighted by atomic mass is 10.1. The molecule has 0 aromatic heterocycles. The molecule has 0 bridgehead atoms. The van der Waals surface area contributed by atoms with Crippen LogP contribution in [0.3, 0.4) is 0 Å². The molecular weight excluding hydrogens is 236 g/mol. The zero-order valence-electron chi connectivity index (χ0n) is 9.73. The molecule has 0 unspecified atom stereocenters. The highest BCUT2D eigenvalue weighted by atomic mass is 19.1. The number of amides is 1. The molecule has 2 aromatic carbocycles. The van der Waals surface area contributed by atoms with Crippen LogP contribution in [-0.2, 0) is 0 Å². The van der Waals surface area contributed by atoms with E-state index in [1.54, 1.807) is 31.3 Å². The third-order valence-corrected chi connectivity index (χ3v) is 2.56. The summed E-state index contributed by atoms with van der Waals surface area (Å²) >= 11 is 0. The minimum atomic E-state index is -0.764. The van der Waals surface area contributed by atoms with Crippen molar-refractivity contribution in [1.29, 1.82) is 0 Å². The second-order valence-electron chi connectivity index (χ2n) is 3.86. The van der Waals surface area contributed by atoms with Gasteiger partial charge in [0.25, 0.3) is 5.91 Å². The molecule has 0 aliphatic rings. The summed E-state index contributed by atoms with van der Waals surface area (Å²) in [5.41, 5.74) is 0.644. The number of hydrogen-bond donors (Lipinski definition) is 0. The Morgan fingerprint density at radius 3 is 2.11 bits per heavy atom. The van der Waals surface area contributed by atoms with Crippen LogP contribution in [0.2, 0.25) is 0 Å². The highest BCUT2D eigenvalue weighted by Gasteiger charge is 2.15. The topological polar surface area (TPSA) is 20.3 Å². The Morgan fingerprint density at radius 1 is 1.00 bits per heavy atom. The van der Waals surface area contributed by atoms with Gasteiger partial charge in [-0.15, -0.1) is 0 Å². The van der Waals surface area contributed by atoms with Crippen molar-refractivity contribution in [3.05, 3.63) is 65.7 Å². The molecule has 0 aliphatic carbocycles. The number of anilines is 1. The molecule has 0 N–H and O–H groups in total. The largest absolute Gasteiger partial charge is 0.311 e. The van der Waals surface area contributed by atoms with Crippen molar-refractivity contribution >= 4 is 11.6 Å². The Bertz CT molecular complexity index is 549. The van der Waals surface area contributed by atoms with Crippen LogP contribution in [0, 0.1) is 11.6 Å². The molecule has 0 spiro atoms. The summed E-state index contributed by atoms with van der Waals surface area (Å²) in [6, 6.07) is 11.6. The van der Waals surface area contributed by atoms with Gasteiger partial charge in [-0.05, 0) is 24.3 Å². The van der Waals surface area contributed by atoms with Crippen molar-refractivity contribution in [2.75, 3.05) is 11.9 Å². The summed E-state index contributed by atoms with van der Waals surface area (Å²) in [4.78, 5) is 13.4. The second-order valence-corrected chi connectivity index (χ2v) is 3.86. The maximum atomic E-state index is 13.0. The predicted octanol–water partition coefficient (Wildman–Crippen LogP) is 3.24. The first-order valence-corrected chi connectivity index (χ1v) is 5.37. The van der Waals surface area contributed by atoms with Crippen LogP contribution in [0.15, 0.2) is 48.5 Å². The van der Waals surface area contributed by atoms with Crippen LogP contribution in [0.1, 0.15) is 10.4 Å². The molecule has 0 aliphatic heterocycles. The van der Waals surface area contributed by atoms with Crippen molar-refractivity contribution in [3.8, 4) is 0 Å². The number of para-hydroxylation sites is 1. The van der Waals surface area contributed by atoms with Gasteiger partial charge in [0.1, 0.15) is 11.6 Å². The van der Waals surface area contributed by atoms with Gasteiger partial charge in [-0.1, -0.05) is 18.2 Å². The van der Waals surface area contributed by atoms with Crippen molar-refractivity contribution in [1.82, 2.24) is 0 Å². The van der Waals surface area contributed by atoms with E-state index in [2.05, 4.69) is 0 Å². The summed E-state index contributed by atoms with van der Waals surface area (Å²) in [6.45, 7) is 0. The predicted molar refractivity (Wildman–Crippen MR) is 65.5 cm³/mol. The van der Waals surface area contributed by atoms with E-state index in [4.69, 9.17) is 0 Å². The van der Waals surface area contributed by atoms with Gasteiger partial charge in [-0.3, -0.25) is 4.79 Å². The summed E-state index contributed by atoms with van der Waals surface area (Å²) in [5.74, 6) is -1.99. The number of rotatable bonds is 2. The van der Waals surface area contributed by atoms with Gasteiger partial charge >= 0.3 is 0 Å². The molecule has 0 heterocycles. The number of halogens is 2. The first-order chi connectivity index (χ1) is 8.58. The quantitative estimate of drug-likeness (QED) is 0.797. The fourth-order valence-electron chi connectivity index (χ4n) is 1.64. The summed E-state index contributed by atoms with van der Waals surface area (Å²) in [7, 11) is 1.56. The van der Waals surface area contributed by atoms with E-state index in [0.717, 1.165) is 18.2 Å². The first-order valence-electron chi connectivity index (χ1n) is 5.37. The average molecular weight is 247 g/mol. The van der Waals surface area contributed by atoms with Crippen molar-refractivity contribution in [3.63, 3.8) is 0 Å². The third-order valence-electron chi connectivity index (χ3n) is 2.56. The minimum absolute atomic E-state index is 0.0150. The molecule has 18 heavy (non-hydrogen) atoms. The normalized spacial score (nSPS) is 10.2. The molecule has 2 nitrogen and oxygen atoms in total. The Balaban J connectivity index is 2.31. The monoisotopic (exact) mass is 247 g/mol. The standard InChI is InChI=1S/C14H11F2NO/c1-17(13-5-3-2-4-6-13)14(18)10-7-11(15)9-12(16)8-10/h2-9H,1H3. The zero-order valence-corrected chi connectivity index (χ0v) is 9.73. The van der Waals surface area contributed by atoms with Crippen molar-refractivity contribution < 1.29 is 13.6 Å². The molecule has 92 valence electrons. The first kappa shape index (κ1) is 12.2. The van der Waals surface area contributed by atoms with E-state index in [-0.39, 0.29) is 5.56 Å². The number of nitrogens with zero attached hydrogens (tertiary/aromatic N) is 1. The molecule has 4 heteroatoms. The van der Waals surface area contributed by atoms with Crippen molar-refractivity contribution in [2.45, 2.75) is 0 Å². The van der Waals surface area contributed by atoms with Gasteiger partial charge in [0, 0.05) is 24.4 Å². The number of benzene rings is 2. The molecule has 0 radical (unpaired) electrons. The lowest BCUT2D eigenvalue weighted by Gasteiger charge is -2.17. The molecule has 0 atom stereocenters. The lowest BCUT2D eigenvalue weighted by molar-refractivity contribution is 0.0992. The average Bonchev–Trinajstić information content (AvgIpc) is 2.37. The Labute approximate surface area is 103 Å². The fourth-order valence-corrected chi connectivity index (χ4v) is 1.64. The molecule has 2 aromatic rings. The fraction of sp³-hybridized carbons (Fsp3) is 0.0714. The van der Waals surface area contributed by atoms with Crippen LogP contribution in [0.5, 0.6) is 0 Å². The van der Waals surface area contributed by atoms with E-state index in [0.29, 0.717) is 5.69 Å². The smallest absolute Gasteiger partial charge is 0.258 e. The molecule has 0 saturated heterocycles. The second kappa shape index (κ2) is 4.96. The van der Waals surface area contributed by atoms with Gasteiger partial charge in [0.05, 0.1) is 0 Å². The number of carbonyl (C=O) groups is 1. The van der Waals surface area contributed by atoms with E-state index >= 15 is 0 Å². The molecule has 0 saturated carbocycles. The van der Waals surface area contributed by atoms with Crippen molar-refractivity contribution in [2.24, 2.45) is 0 Å². The molecule has 2 rings (SSSR count). The highest BCUT2D eigenvalue weighted by molar-refractivity contribution is 6.05. The molecule has 0 fully saturated rings. The van der Waals surface area contributed by atoms with Crippen LogP contribution in [-0.4, -0.2) is 13.0 Å². The van der Waals surface area contributed by atoms with Crippen LogP contribution in [0.4, 0.5) is 14.5 Å². The maximum Gasteiger partial charge on any atom is 0.258 e. The van der Waals surface area contributed by atoms with Gasteiger partial charge in [0.2, 0.25) is 0 Å². The lowest BCUT2D eigenvalue weighted by Crippen LogP contribution is -2.26. The summed E-state index contributed by atoms with van der Waals surface area (Å²) in [5, 5.41) is 0. The van der Waals surface area contributed by atoms with Gasteiger partial charge in [-0.25, -0.2) is 8.78 Å². The minimum Gasteiger partial charge on any atom is -0.311 e. The van der Waals surface area contributed by atoms with E-state index in [1.165, 1.54) is 4.90 Å². The number of hydrogen-bond acceptors (Lipinski definition) is 1.